The Kier molecular flexibility index (Phi) is 5.46. The number of hydrogen-bond acceptors (Lipinski definition) is 3. The molecule has 4 N–H and O–H groups in total. The first kappa shape index (κ1) is 21.3. The molecule has 2 aromatic carbocycles. The highest BCUT2D eigenvalue weighted by molar-refractivity contribution is 5.91. The van der Waals surface area contributed by atoms with Gasteiger partial charge in [-0.25, -0.2) is 8.78 Å². The molecule has 0 unspecified atom stereocenters. The van der Waals surface area contributed by atoms with Crippen LogP contribution in [0.2, 0.25) is 0 Å². The van der Waals surface area contributed by atoms with E-state index in [1.54, 1.807) is 24.3 Å². The maximum atomic E-state index is 13.5. The number of carbonyl (C=O) groups excluding carboxylic acids is 2. The van der Waals surface area contributed by atoms with E-state index >= 15 is 0 Å². The normalized spacial score (nSPS) is 24.3. The fourth-order valence-corrected chi connectivity index (χ4v) is 4.56. The van der Waals surface area contributed by atoms with Crippen LogP contribution in [0.1, 0.15) is 24.3 Å². The number of carbonyl (C=O) groups is 2. The van der Waals surface area contributed by atoms with Gasteiger partial charge in [0.2, 0.25) is 11.8 Å². The molecule has 3 aromatic rings. The van der Waals surface area contributed by atoms with Crippen LogP contribution in [0.25, 0.3) is 22.5 Å². The standard InChI is InChI=1S/C25H23F2N3O3/c26-17-5-1-13(2-6-17)20-11-19(22(29-20)14-3-7-18(27)8-4-14)15-9-16(10-15)24(32)30-23-21(31)12-28-25(23)33/h1-8,11,15-16,21,23,29,31H,9-10,12H2,(H,28,33)(H,30,32)/t15?,16?,21-,23+/m1/s1. The molecule has 2 fully saturated rings. The van der Waals surface area contributed by atoms with E-state index in [-0.39, 0.29) is 41.8 Å². The summed E-state index contributed by atoms with van der Waals surface area (Å²) >= 11 is 0. The number of amides is 2. The van der Waals surface area contributed by atoms with Gasteiger partial charge in [0.05, 0.1) is 0 Å². The van der Waals surface area contributed by atoms with Crippen molar-refractivity contribution < 1.29 is 23.5 Å². The van der Waals surface area contributed by atoms with E-state index in [4.69, 9.17) is 0 Å². The summed E-state index contributed by atoms with van der Waals surface area (Å²) in [6.45, 7) is 0.133. The average Bonchev–Trinajstić information content (AvgIpc) is 3.33. The number of halogens is 2. The molecule has 0 radical (unpaired) electrons. The number of nitrogens with one attached hydrogen (secondary N) is 3. The Labute approximate surface area is 189 Å². The van der Waals surface area contributed by atoms with Crippen molar-refractivity contribution in [3.05, 3.63) is 71.8 Å². The molecule has 5 rings (SSSR count). The molecule has 0 bridgehead atoms. The predicted molar refractivity (Wildman–Crippen MR) is 118 cm³/mol. The average molecular weight is 451 g/mol. The number of aliphatic hydroxyl groups is 1. The van der Waals surface area contributed by atoms with Gasteiger partial charge in [-0.15, -0.1) is 0 Å². The first-order valence-electron chi connectivity index (χ1n) is 10.9. The first-order chi connectivity index (χ1) is 15.9. The largest absolute Gasteiger partial charge is 0.389 e. The number of aliphatic hydroxyl groups excluding tert-OH is 1. The third-order valence-corrected chi connectivity index (χ3v) is 6.54. The molecule has 2 aliphatic rings. The fourth-order valence-electron chi connectivity index (χ4n) is 4.56. The van der Waals surface area contributed by atoms with Crippen molar-refractivity contribution in [3.63, 3.8) is 0 Å². The number of rotatable bonds is 5. The summed E-state index contributed by atoms with van der Waals surface area (Å²) < 4.78 is 26.8. The Balaban J connectivity index is 1.37. The van der Waals surface area contributed by atoms with Crippen molar-refractivity contribution >= 4 is 11.8 Å². The van der Waals surface area contributed by atoms with Crippen molar-refractivity contribution in [2.24, 2.45) is 5.92 Å². The minimum atomic E-state index is -0.926. The monoisotopic (exact) mass is 451 g/mol. The molecule has 1 aliphatic carbocycles. The maximum absolute atomic E-state index is 13.5. The van der Waals surface area contributed by atoms with Crippen LogP contribution >= 0.6 is 0 Å². The second kappa shape index (κ2) is 8.44. The molecular weight excluding hydrogens is 428 g/mol. The maximum Gasteiger partial charge on any atom is 0.245 e. The lowest BCUT2D eigenvalue weighted by Gasteiger charge is -2.35. The van der Waals surface area contributed by atoms with Crippen LogP contribution in [0.5, 0.6) is 0 Å². The Morgan fingerprint density at radius 1 is 0.970 bits per heavy atom. The Morgan fingerprint density at radius 2 is 1.58 bits per heavy atom. The number of hydrogen-bond donors (Lipinski definition) is 4. The molecule has 33 heavy (non-hydrogen) atoms. The lowest BCUT2D eigenvalue weighted by atomic mass is 9.70. The minimum Gasteiger partial charge on any atom is -0.389 e. The van der Waals surface area contributed by atoms with Crippen molar-refractivity contribution in [1.82, 2.24) is 15.6 Å². The molecule has 170 valence electrons. The van der Waals surface area contributed by atoms with E-state index in [0.717, 1.165) is 28.1 Å². The molecule has 2 amide bonds. The van der Waals surface area contributed by atoms with E-state index in [1.165, 1.54) is 24.3 Å². The van der Waals surface area contributed by atoms with Gasteiger partial charge in [-0.1, -0.05) is 0 Å². The van der Waals surface area contributed by atoms with E-state index in [0.29, 0.717) is 12.8 Å². The van der Waals surface area contributed by atoms with Gasteiger partial charge in [-0.05, 0) is 90.0 Å². The summed E-state index contributed by atoms with van der Waals surface area (Å²) in [5, 5.41) is 15.1. The predicted octanol–water partition coefficient (Wildman–Crippen LogP) is 3.10. The molecule has 0 spiro atoms. The fraction of sp³-hybridized carbons (Fsp3) is 0.280. The van der Waals surface area contributed by atoms with Gasteiger partial charge in [0.25, 0.3) is 0 Å². The smallest absolute Gasteiger partial charge is 0.245 e. The zero-order valence-corrected chi connectivity index (χ0v) is 17.6. The lowest BCUT2D eigenvalue weighted by molar-refractivity contribution is -0.133. The number of benzene rings is 2. The van der Waals surface area contributed by atoms with Gasteiger partial charge in [-0.2, -0.15) is 0 Å². The lowest BCUT2D eigenvalue weighted by Crippen LogP contribution is -2.49. The van der Waals surface area contributed by atoms with Crippen molar-refractivity contribution in [1.29, 1.82) is 0 Å². The molecule has 1 saturated heterocycles. The zero-order valence-electron chi connectivity index (χ0n) is 17.6. The molecule has 1 saturated carbocycles. The topological polar surface area (TPSA) is 94.2 Å². The van der Waals surface area contributed by atoms with Crippen LogP contribution in [0, 0.1) is 17.6 Å². The van der Waals surface area contributed by atoms with E-state index in [2.05, 4.69) is 15.6 Å². The van der Waals surface area contributed by atoms with Crippen LogP contribution in [0.4, 0.5) is 8.78 Å². The summed E-state index contributed by atoms with van der Waals surface area (Å²) in [7, 11) is 0. The Morgan fingerprint density at radius 3 is 2.15 bits per heavy atom. The summed E-state index contributed by atoms with van der Waals surface area (Å²) in [6, 6.07) is 13.4. The highest BCUT2D eigenvalue weighted by atomic mass is 19.1. The Bertz CT molecular complexity index is 1180. The van der Waals surface area contributed by atoms with Gasteiger partial charge in [0.1, 0.15) is 23.8 Å². The van der Waals surface area contributed by atoms with E-state index < -0.39 is 12.1 Å². The van der Waals surface area contributed by atoms with Crippen molar-refractivity contribution in [2.75, 3.05) is 6.54 Å². The van der Waals surface area contributed by atoms with Crippen LogP contribution in [0.15, 0.2) is 54.6 Å². The minimum absolute atomic E-state index is 0.0913. The van der Waals surface area contributed by atoms with Crippen molar-refractivity contribution in [2.45, 2.75) is 30.9 Å². The van der Waals surface area contributed by atoms with Crippen molar-refractivity contribution in [3.8, 4) is 22.5 Å². The number of aromatic nitrogens is 1. The summed E-state index contributed by atoms with van der Waals surface area (Å²) in [5.41, 5.74) is 4.29. The number of aromatic amines is 1. The molecule has 1 aliphatic heterocycles. The number of β-amino-alcohol motifs (C(OH)–C–C–N with tert-alkyl or cyclic N) is 1. The molecule has 2 atom stereocenters. The SMILES string of the molecule is O=C(N[C@@H]1C(=O)NC[C@H]1O)C1CC(c2cc(-c3ccc(F)cc3)[nH]c2-c2ccc(F)cc2)C1. The third-order valence-electron chi connectivity index (χ3n) is 6.54. The van der Waals surface area contributed by atoms with Gasteiger partial charge >= 0.3 is 0 Å². The molecule has 2 heterocycles. The second-order valence-corrected chi connectivity index (χ2v) is 8.69. The van der Waals surface area contributed by atoms with Gasteiger partial charge in [0, 0.05) is 23.9 Å². The molecule has 8 heteroatoms. The van der Waals surface area contributed by atoms with E-state index in [9.17, 15) is 23.5 Å². The summed E-state index contributed by atoms with van der Waals surface area (Å²) in [6.07, 6.45) is 0.251. The quantitative estimate of drug-likeness (QED) is 0.480. The zero-order chi connectivity index (χ0) is 23.1. The molecule has 6 nitrogen and oxygen atoms in total. The van der Waals surface area contributed by atoms with Crippen LogP contribution < -0.4 is 10.6 Å². The van der Waals surface area contributed by atoms with Crippen LogP contribution in [-0.2, 0) is 9.59 Å². The summed E-state index contributed by atoms with van der Waals surface area (Å²) in [4.78, 5) is 27.8. The van der Waals surface area contributed by atoms with Gasteiger partial charge < -0.3 is 20.7 Å². The Hall–Kier alpha value is -3.52. The highest BCUT2D eigenvalue weighted by Crippen LogP contribution is 2.46. The second-order valence-electron chi connectivity index (χ2n) is 8.69. The third kappa shape index (κ3) is 4.14. The summed E-state index contributed by atoms with van der Waals surface area (Å²) in [5.74, 6) is -1.44. The highest BCUT2D eigenvalue weighted by Gasteiger charge is 2.41. The molecular formula is C25H23F2N3O3. The van der Waals surface area contributed by atoms with E-state index in [1.807, 2.05) is 6.07 Å². The van der Waals surface area contributed by atoms with Crippen LogP contribution in [0.3, 0.4) is 0 Å². The first-order valence-corrected chi connectivity index (χ1v) is 10.9. The van der Waals surface area contributed by atoms with Gasteiger partial charge in [0.15, 0.2) is 0 Å². The number of H-pyrrole nitrogens is 1. The van der Waals surface area contributed by atoms with Gasteiger partial charge in [-0.3, -0.25) is 9.59 Å². The van der Waals surface area contributed by atoms with Crippen LogP contribution in [-0.4, -0.2) is 40.6 Å². The molecule has 1 aromatic heterocycles.